The number of hydrogen-bond acceptors (Lipinski definition) is 3. The normalized spacial score (nSPS) is 15.5. The third-order valence-electron chi connectivity index (χ3n) is 5.02. The van der Waals surface area contributed by atoms with Crippen molar-refractivity contribution in [3.63, 3.8) is 0 Å². The summed E-state index contributed by atoms with van der Waals surface area (Å²) in [5.74, 6) is -0.405. The van der Waals surface area contributed by atoms with Crippen LogP contribution in [0.4, 0.5) is 5.69 Å². The molecule has 3 aromatic rings. The molecule has 1 aliphatic heterocycles. The van der Waals surface area contributed by atoms with E-state index in [1.54, 1.807) is 41.3 Å². The number of benzene rings is 3. The van der Waals surface area contributed by atoms with Crippen molar-refractivity contribution in [2.75, 3.05) is 11.9 Å². The third-order valence-corrected chi connectivity index (χ3v) is 5.27. The van der Waals surface area contributed by atoms with Crippen LogP contribution in [-0.2, 0) is 11.2 Å². The lowest BCUT2D eigenvalue weighted by Crippen LogP contribution is -2.45. The van der Waals surface area contributed by atoms with Crippen molar-refractivity contribution in [3.8, 4) is 5.75 Å². The fraction of sp³-hybridized carbons (Fsp3) is 0.130. The Morgan fingerprint density at radius 2 is 1.66 bits per heavy atom. The minimum absolute atomic E-state index is 0.116. The van der Waals surface area contributed by atoms with Gasteiger partial charge in [-0.3, -0.25) is 9.59 Å². The topological polar surface area (TPSA) is 69.6 Å². The Morgan fingerprint density at radius 1 is 0.966 bits per heavy atom. The lowest BCUT2D eigenvalue weighted by molar-refractivity contribution is -0.121. The molecule has 4 rings (SSSR count). The van der Waals surface area contributed by atoms with E-state index in [4.69, 9.17) is 11.6 Å². The van der Waals surface area contributed by atoms with Crippen molar-refractivity contribution in [1.82, 2.24) is 4.90 Å². The van der Waals surface area contributed by atoms with Gasteiger partial charge in [0.15, 0.2) is 0 Å². The molecule has 1 atom stereocenters. The van der Waals surface area contributed by atoms with Gasteiger partial charge in [0, 0.05) is 22.8 Å². The summed E-state index contributed by atoms with van der Waals surface area (Å²) in [6, 6.07) is 19.8. The maximum Gasteiger partial charge on any atom is 0.254 e. The number of phenols is 1. The minimum atomic E-state index is -0.753. The zero-order valence-electron chi connectivity index (χ0n) is 15.5. The van der Waals surface area contributed by atoms with Gasteiger partial charge in [-0.15, -0.1) is 0 Å². The standard InChI is InChI=1S/C23H19ClN2O3/c24-17-7-5-16(6-8-17)23(29)26-14-13-15-3-1-2-4-20(15)21(26)22(28)25-18-9-11-19(27)12-10-18/h1-12,21,27H,13-14H2,(H,25,28). The predicted octanol–water partition coefficient (Wildman–Crippen LogP) is 4.42. The summed E-state index contributed by atoms with van der Waals surface area (Å²) < 4.78 is 0. The number of carbonyl (C=O) groups excluding carboxylic acids is 2. The largest absolute Gasteiger partial charge is 0.508 e. The van der Waals surface area contributed by atoms with E-state index in [1.165, 1.54) is 12.1 Å². The van der Waals surface area contributed by atoms with E-state index >= 15 is 0 Å². The van der Waals surface area contributed by atoms with Gasteiger partial charge in [0.1, 0.15) is 11.8 Å². The number of phenolic OH excluding ortho intramolecular Hbond substituents is 1. The van der Waals surface area contributed by atoms with Crippen LogP contribution in [0.2, 0.25) is 5.02 Å². The van der Waals surface area contributed by atoms with Crippen molar-refractivity contribution >= 4 is 29.1 Å². The molecule has 0 saturated carbocycles. The molecule has 3 aromatic carbocycles. The summed E-state index contributed by atoms with van der Waals surface area (Å²) in [6.07, 6.45) is 0.679. The van der Waals surface area contributed by atoms with Crippen molar-refractivity contribution in [1.29, 1.82) is 0 Å². The van der Waals surface area contributed by atoms with Crippen LogP contribution in [0.3, 0.4) is 0 Å². The molecule has 146 valence electrons. The number of nitrogens with zero attached hydrogens (tertiary/aromatic N) is 1. The Labute approximate surface area is 173 Å². The zero-order chi connectivity index (χ0) is 20.4. The maximum absolute atomic E-state index is 13.2. The first-order valence-corrected chi connectivity index (χ1v) is 9.65. The van der Waals surface area contributed by atoms with E-state index in [2.05, 4.69) is 5.32 Å². The van der Waals surface area contributed by atoms with Crippen LogP contribution in [0, 0.1) is 0 Å². The van der Waals surface area contributed by atoms with E-state index in [1.807, 2.05) is 24.3 Å². The van der Waals surface area contributed by atoms with E-state index < -0.39 is 6.04 Å². The van der Waals surface area contributed by atoms with Gasteiger partial charge in [-0.05, 0) is 66.1 Å². The average Bonchev–Trinajstić information content (AvgIpc) is 2.74. The second-order valence-electron chi connectivity index (χ2n) is 6.89. The fourth-order valence-electron chi connectivity index (χ4n) is 3.58. The highest BCUT2D eigenvalue weighted by atomic mass is 35.5. The van der Waals surface area contributed by atoms with Crippen molar-refractivity contribution < 1.29 is 14.7 Å². The van der Waals surface area contributed by atoms with Gasteiger partial charge >= 0.3 is 0 Å². The molecule has 0 spiro atoms. The van der Waals surface area contributed by atoms with Gasteiger partial charge in [0.25, 0.3) is 11.8 Å². The van der Waals surface area contributed by atoms with Crippen LogP contribution in [0.15, 0.2) is 72.8 Å². The Balaban J connectivity index is 1.68. The summed E-state index contributed by atoms with van der Waals surface area (Å²) in [5, 5.41) is 12.9. The first kappa shape index (κ1) is 19.0. The second-order valence-corrected chi connectivity index (χ2v) is 7.33. The van der Waals surface area contributed by atoms with Gasteiger partial charge in [0.2, 0.25) is 0 Å². The molecule has 0 radical (unpaired) electrons. The Morgan fingerprint density at radius 3 is 2.38 bits per heavy atom. The number of aromatic hydroxyl groups is 1. The van der Waals surface area contributed by atoms with E-state index in [-0.39, 0.29) is 17.6 Å². The molecule has 0 aromatic heterocycles. The number of nitrogens with one attached hydrogen (secondary N) is 1. The molecule has 0 saturated heterocycles. The van der Waals surface area contributed by atoms with Gasteiger partial charge in [-0.2, -0.15) is 0 Å². The highest BCUT2D eigenvalue weighted by molar-refractivity contribution is 6.30. The zero-order valence-corrected chi connectivity index (χ0v) is 16.3. The maximum atomic E-state index is 13.2. The highest BCUT2D eigenvalue weighted by Gasteiger charge is 2.36. The second kappa shape index (κ2) is 7.97. The van der Waals surface area contributed by atoms with Crippen LogP contribution < -0.4 is 5.32 Å². The van der Waals surface area contributed by atoms with E-state index in [9.17, 15) is 14.7 Å². The number of halogens is 1. The first-order chi connectivity index (χ1) is 14.0. The highest BCUT2D eigenvalue weighted by Crippen LogP contribution is 2.32. The molecule has 0 aliphatic carbocycles. The van der Waals surface area contributed by atoms with Crippen molar-refractivity contribution in [2.45, 2.75) is 12.5 Å². The molecule has 1 aliphatic rings. The fourth-order valence-corrected chi connectivity index (χ4v) is 3.71. The Hall–Kier alpha value is -3.31. The molecular weight excluding hydrogens is 388 g/mol. The minimum Gasteiger partial charge on any atom is -0.508 e. The van der Waals surface area contributed by atoms with Gasteiger partial charge in [0.05, 0.1) is 0 Å². The molecule has 0 bridgehead atoms. The molecule has 6 heteroatoms. The van der Waals surface area contributed by atoms with Crippen LogP contribution in [0.5, 0.6) is 5.75 Å². The molecule has 2 amide bonds. The number of carbonyl (C=O) groups is 2. The summed E-state index contributed by atoms with van der Waals surface area (Å²) >= 11 is 5.94. The van der Waals surface area contributed by atoms with E-state index in [0.29, 0.717) is 29.2 Å². The Kier molecular flexibility index (Phi) is 5.23. The van der Waals surface area contributed by atoms with Crippen LogP contribution in [0.25, 0.3) is 0 Å². The molecule has 1 heterocycles. The SMILES string of the molecule is O=C(Nc1ccc(O)cc1)C1c2ccccc2CCN1C(=O)c1ccc(Cl)cc1. The van der Waals surface area contributed by atoms with Gasteiger partial charge in [-0.1, -0.05) is 35.9 Å². The molecular formula is C23H19ClN2O3. The van der Waals surface area contributed by atoms with Crippen LogP contribution in [0.1, 0.15) is 27.5 Å². The molecule has 0 fully saturated rings. The first-order valence-electron chi connectivity index (χ1n) is 9.27. The van der Waals surface area contributed by atoms with E-state index in [0.717, 1.165) is 11.1 Å². The number of hydrogen-bond donors (Lipinski definition) is 2. The number of fused-ring (bicyclic) bond motifs is 1. The lowest BCUT2D eigenvalue weighted by Gasteiger charge is -2.36. The number of rotatable bonds is 3. The summed E-state index contributed by atoms with van der Waals surface area (Å²) in [7, 11) is 0. The van der Waals surface area contributed by atoms with Gasteiger partial charge in [-0.25, -0.2) is 0 Å². The van der Waals surface area contributed by atoms with Crippen LogP contribution in [-0.4, -0.2) is 28.4 Å². The third kappa shape index (κ3) is 3.96. The van der Waals surface area contributed by atoms with Gasteiger partial charge < -0.3 is 15.3 Å². The lowest BCUT2D eigenvalue weighted by atomic mass is 9.91. The molecule has 2 N–H and O–H groups in total. The quantitative estimate of drug-likeness (QED) is 0.632. The number of amides is 2. The smallest absolute Gasteiger partial charge is 0.254 e. The number of anilines is 1. The summed E-state index contributed by atoms with van der Waals surface area (Å²) in [6.45, 7) is 0.437. The van der Waals surface area contributed by atoms with Crippen LogP contribution >= 0.6 is 11.6 Å². The molecule has 5 nitrogen and oxygen atoms in total. The van der Waals surface area contributed by atoms with Crippen molar-refractivity contribution in [3.05, 3.63) is 94.5 Å². The predicted molar refractivity (Wildman–Crippen MR) is 112 cm³/mol. The average molecular weight is 407 g/mol. The molecule has 1 unspecified atom stereocenters. The Bertz CT molecular complexity index is 1050. The summed E-state index contributed by atoms with van der Waals surface area (Å²) in [4.78, 5) is 28.0. The van der Waals surface area contributed by atoms with Crippen molar-refractivity contribution in [2.24, 2.45) is 0 Å². The molecule has 29 heavy (non-hydrogen) atoms. The monoisotopic (exact) mass is 406 g/mol. The summed E-state index contributed by atoms with van der Waals surface area (Å²) in [5.41, 5.74) is 2.90.